The van der Waals surface area contributed by atoms with Crippen molar-refractivity contribution in [3.05, 3.63) is 6.92 Å². The molecule has 237 valence electrons. The Kier molecular flexibility index (Phi) is 27.7. The predicted molar refractivity (Wildman–Crippen MR) is 167 cm³/mol. The molecule has 0 bridgehead atoms. The van der Waals surface area contributed by atoms with Crippen molar-refractivity contribution >= 4 is 23.7 Å². The van der Waals surface area contributed by atoms with Crippen LogP contribution in [0.2, 0.25) is 0 Å². The highest BCUT2D eigenvalue weighted by Crippen LogP contribution is 2.16. The first kappa shape index (κ1) is 39.2. The van der Waals surface area contributed by atoms with Crippen LogP contribution < -0.4 is 0 Å². The van der Waals surface area contributed by atoms with E-state index in [9.17, 15) is 19.8 Å². The van der Waals surface area contributed by atoms with Crippen molar-refractivity contribution in [1.29, 1.82) is 0 Å². The van der Waals surface area contributed by atoms with E-state index >= 15 is 0 Å². The molecule has 0 aliphatic rings. The number of unbranched alkanes of at least 4 members (excludes halogenated alkanes) is 12. The second-order valence-corrected chi connectivity index (χ2v) is 12.4. The van der Waals surface area contributed by atoms with Gasteiger partial charge in [-0.3, -0.25) is 14.5 Å². The Labute approximate surface area is 250 Å². The second-order valence-electron chi connectivity index (χ2n) is 11.1. The molecular weight excluding hydrogens is 526 g/mol. The minimum Gasteiger partial charge on any atom is -0.465 e. The van der Waals surface area contributed by atoms with Gasteiger partial charge in [-0.1, -0.05) is 97.3 Å². The molecule has 0 heterocycles. The number of aliphatic hydroxyl groups excluding tert-OH is 2. The number of aliphatic hydroxyl groups is 2. The summed E-state index contributed by atoms with van der Waals surface area (Å²) in [6.45, 7) is 12.2. The smallest absolute Gasteiger partial charge is 0.318 e. The van der Waals surface area contributed by atoms with Gasteiger partial charge in [0, 0.05) is 25.3 Å². The van der Waals surface area contributed by atoms with Gasteiger partial charge in [0.15, 0.2) is 0 Å². The molecule has 0 aromatic carbocycles. The molecule has 0 saturated heterocycles. The molecule has 0 amide bonds. The maximum Gasteiger partial charge on any atom is 0.318 e. The van der Waals surface area contributed by atoms with Crippen LogP contribution in [0.3, 0.4) is 0 Å². The fourth-order valence-electron chi connectivity index (χ4n) is 4.56. The summed E-state index contributed by atoms with van der Waals surface area (Å²) in [7, 11) is 0. The summed E-state index contributed by atoms with van der Waals surface area (Å²) >= 11 is 1.39. The van der Waals surface area contributed by atoms with E-state index in [1.165, 1.54) is 76.0 Å². The molecule has 0 aliphatic carbocycles. The van der Waals surface area contributed by atoms with E-state index in [0.29, 0.717) is 38.4 Å². The number of esters is 2. The third-order valence-electron chi connectivity index (χ3n) is 7.04. The number of thioether (sulfide) groups is 1. The average molecular weight is 589 g/mol. The lowest BCUT2D eigenvalue weighted by molar-refractivity contribution is -0.146. The van der Waals surface area contributed by atoms with Crippen molar-refractivity contribution < 1.29 is 29.3 Å². The molecule has 0 rings (SSSR count). The van der Waals surface area contributed by atoms with E-state index in [-0.39, 0.29) is 30.2 Å². The number of ether oxygens (including phenoxy) is 2. The van der Waals surface area contributed by atoms with Crippen LogP contribution in [0.25, 0.3) is 0 Å². The van der Waals surface area contributed by atoms with Gasteiger partial charge in [-0.25, -0.2) is 0 Å². The van der Waals surface area contributed by atoms with Gasteiger partial charge in [0.05, 0.1) is 24.6 Å². The minimum absolute atomic E-state index is 0.0199. The van der Waals surface area contributed by atoms with Crippen LogP contribution in [0.1, 0.15) is 130 Å². The molecule has 8 heteroatoms. The third-order valence-corrected chi connectivity index (χ3v) is 8.29. The van der Waals surface area contributed by atoms with Crippen LogP contribution in [0.5, 0.6) is 0 Å². The zero-order valence-corrected chi connectivity index (χ0v) is 26.9. The van der Waals surface area contributed by atoms with Crippen molar-refractivity contribution in [1.82, 2.24) is 4.90 Å². The SMILES string of the molecule is [CH2]C(CSC(C)C(=O)OCCCCCCCCCC)OC(=O)CCCN(CCO)CC(O)CCCCCCCC. The predicted octanol–water partition coefficient (Wildman–Crippen LogP) is 6.72. The summed E-state index contributed by atoms with van der Waals surface area (Å²) in [6, 6.07) is 0. The molecule has 7 nitrogen and oxygen atoms in total. The van der Waals surface area contributed by atoms with Crippen LogP contribution >= 0.6 is 11.8 Å². The summed E-state index contributed by atoms with van der Waals surface area (Å²) < 4.78 is 10.8. The fraction of sp³-hybridized carbons (Fsp3) is 0.906. The number of nitrogens with zero attached hydrogens (tertiary/aromatic N) is 1. The first-order valence-electron chi connectivity index (χ1n) is 16.2. The van der Waals surface area contributed by atoms with Crippen molar-refractivity contribution in [3.63, 3.8) is 0 Å². The van der Waals surface area contributed by atoms with Gasteiger partial charge in [0.1, 0.15) is 6.10 Å². The normalized spacial score (nSPS) is 13.8. The van der Waals surface area contributed by atoms with Crippen LogP contribution in [0.4, 0.5) is 0 Å². The van der Waals surface area contributed by atoms with Gasteiger partial charge >= 0.3 is 11.9 Å². The lowest BCUT2D eigenvalue weighted by Gasteiger charge is -2.24. The summed E-state index contributed by atoms with van der Waals surface area (Å²) in [5, 5.41) is 19.4. The molecule has 3 atom stereocenters. The number of carbonyl (C=O) groups is 2. The summed E-state index contributed by atoms with van der Waals surface area (Å²) in [4.78, 5) is 26.5. The molecule has 40 heavy (non-hydrogen) atoms. The highest BCUT2D eigenvalue weighted by Gasteiger charge is 2.18. The quantitative estimate of drug-likeness (QED) is 0.0734. The Bertz CT molecular complexity index is 594. The zero-order valence-electron chi connectivity index (χ0n) is 26.1. The molecule has 2 N–H and O–H groups in total. The summed E-state index contributed by atoms with van der Waals surface area (Å²) in [5.41, 5.74) is 0. The number of carbonyl (C=O) groups excluding carboxylic acids is 2. The Morgan fingerprint density at radius 2 is 1.43 bits per heavy atom. The monoisotopic (exact) mass is 588 g/mol. The molecule has 1 radical (unpaired) electrons. The van der Waals surface area contributed by atoms with Gasteiger partial charge in [-0.05, 0) is 39.7 Å². The molecular formula is C32H62NO6S. The third kappa shape index (κ3) is 24.9. The Balaban J connectivity index is 3.98. The van der Waals surface area contributed by atoms with Crippen LogP contribution in [-0.4, -0.2) is 83.1 Å². The lowest BCUT2D eigenvalue weighted by atomic mass is 10.1. The van der Waals surface area contributed by atoms with Gasteiger partial charge < -0.3 is 19.7 Å². The highest BCUT2D eigenvalue weighted by molar-refractivity contribution is 8.00. The maximum atomic E-state index is 12.3. The molecule has 0 aromatic heterocycles. The Morgan fingerprint density at radius 1 is 0.850 bits per heavy atom. The van der Waals surface area contributed by atoms with Crippen molar-refractivity contribution in [2.75, 3.05) is 38.6 Å². The van der Waals surface area contributed by atoms with E-state index < -0.39 is 12.2 Å². The molecule has 0 saturated carbocycles. The first-order valence-corrected chi connectivity index (χ1v) is 17.2. The van der Waals surface area contributed by atoms with Gasteiger partial charge in [-0.2, -0.15) is 0 Å². The van der Waals surface area contributed by atoms with E-state index in [2.05, 4.69) is 20.8 Å². The van der Waals surface area contributed by atoms with Crippen LogP contribution in [0, 0.1) is 6.92 Å². The molecule has 0 fully saturated rings. The minimum atomic E-state index is -0.534. The second kappa shape index (κ2) is 28.3. The van der Waals surface area contributed by atoms with Gasteiger partial charge in [0.25, 0.3) is 0 Å². The van der Waals surface area contributed by atoms with Crippen molar-refractivity contribution in [2.45, 2.75) is 147 Å². The average Bonchev–Trinajstić information content (AvgIpc) is 2.92. The van der Waals surface area contributed by atoms with Crippen molar-refractivity contribution in [2.24, 2.45) is 0 Å². The van der Waals surface area contributed by atoms with E-state index in [1.807, 2.05) is 11.8 Å². The lowest BCUT2D eigenvalue weighted by Crippen LogP contribution is -2.35. The Hall–Kier alpha value is -0.830. The largest absolute Gasteiger partial charge is 0.465 e. The summed E-state index contributed by atoms with van der Waals surface area (Å²) in [5.74, 6) is -0.114. The van der Waals surface area contributed by atoms with Gasteiger partial charge in [-0.15, -0.1) is 11.8 Å². The molecule has 0 aliphatic heterocycles. The van der Waals surface area contributed by atoms with Crippen LogP contribution in [0.15, 0.2) is 0 Å². The topological polar surface area (TPSA) is 96.3 Å². The van der Waals surface area contributed by atoms with E-state index in [4.69, 9.17) is 9.47 Å². The maximum absolute atomic E-state index is 12.3. The molecule has 0 spiro atoms. The molecule has 0 aromatic rings. The molecule has 3 unspecified atom stereocenters. The van der Waals surface area contributed by atoms with Crippen molar-refractivity contribution in [3.8, 4) is 0 Å². The first-order chi connectivity index (χ1) is 19.3. The Morgan fingerprint density at radius 3 is 2.02 bits per heavy atom. The number of rotatable bonds is 29. The van der Waals surface area contributed by atoms with Gasteiger partial charge in [0.2, 0.25) is 0 Å². The van der Waals surface area contributed by atoms with E-state index in [1.54, 1.807) is 0 Å². The number of hydrogen-bond donors (Lipinski definition) is 2. The number of hydrogen-bond acceptors (Lipinski definition) is 8. The summed E-state index contributed by atoms with van der Waals surface area (Å²) in [6.07, 6.45) is 17.4. The van der Waals surface area contributed by atoms with E-state index in [0.717, 1.165) is 32.1 Å². The standard InChI is InChI=1S/C32H62NO6S/c1-5-7-9-11-13-14-16-18-25-38-32(37)29(4)40-27-28(3)39-31(36)21-19-22-33(23-24-34)26-30(35)20-17-15-12-10-8-6-2/h28-30,34-35H,3,5-27H2,1-2,4H3. The van der Waals surface area contributed by atoms with Crippen LogP contribution in [-0.2, 0) is 19.1 Å². The highest BCUT2D eigenvalue weighted by atomic mass is 32.2. The fourth-order valence-corrected chi connectivity index (χ4v) is 5.33. The zero-order chi connectivity index (χ0) is 29.8.